The summed E-state index contributed by atoms with van der Waals surface area (Å²) in [5, 5.41) is 5.60. The van der Waals surface area contributed by atoms with Crippen molar-refractivity contribution in [2.24, 2.45) is 5.41 Å². The second-order valence-corrected chi connectivity index (χ2v) is 7.26. The average Bonchev–Trinajstić information content (AvgIpc) is 2.67. The molecule has 2 aromatic carbocycles. The van der Waals surface area contributed by atoms with Crippen molar-refractivity contribution in [3.8, 4) is 11.5 Å². The third-order valence-corrected chi connectivity index (χ3v) is 4.25. The van der Waals surface area contributed by atoms with E-state index in [9.17, 15) is 9.59 Å². The first-order valence-electron chi connectivity index (χ1n) is 9.22. The molecule has 0 saturated carbocycles. The quantitative estimate of drug-likeness (QED) is 0.680. The van der Waals surface area contributed by atoms with E-state index >= 15 is 0 Å². The molecule has 0 spiro atoms. The minimum atomic E-state index is -1.24. The van der Waals surface area contributed by atoms with Crippen LogP contribution in [0.2, 0.25) is 0 Å². The molecule has 0 aliphatic rings. The number of rotatable bonds is 8. The number of amides is 2. The van der Waals surface area contributed by atoms with Crippen LogP contribution in [0.15, 0.2) is 48.5 Å². The predicted molar refractivity (Wildman–Crippen MR) is 109 cm³/mol. The van der Waals surface area contributed by atoms with Crippen LogP contribution in [0, 0.1) is 5.41 Å². The minimum absolute atomic E-state index is 0.0753. The lowest BCUT2D eigenvalue weighted by atomic mass is 9.90. The van der Waals surface area contributed by atoms with Crippen LogP contribution in [0.3, 0.4) is 0 Å². The summed E-state index contributed by atoms with van der Waals surface area (Å²) in [6.45, 7) is 7.36. The number of methoxy groups -OCH3 is 1. The van der Waals surface area contributed by atoms with Crippen molar-refractivity contribution in [1.29, 1.82) is 0 Å². The number of carbonyl (C=O) groups is 2. The van der Waals surface area contributed by atoms with Gasteiger partial charge < -0.3 is 20.1 Å². The largest absolute Gasteiger partial charge is 0.496 e. The summed E-state index contributed by atoms with van der Waals surface area (Å²) in [7, 11) is 1.58. The molecule has 28 heavy (non-hydrogen) atoms. The zero-order chi connectivity index (χ0) is 20.7. The molecule has 0 bridgehead atoms. The highest BCUT2D eigenvalue weighted by Gasteiger charge is 2.36. The maximum atomic E-state index is 12.6. The van der Waals surface area contributed by atoms with Gasteiger partial charge in [-0.3, -0.25) is 9.59 Å². The van der Waals surface area contributed by atoms with Gasteiger partial charge in [0.2, 0.25) is 11.8 Å². The van der Waals surface area contributed by atoms with Gasteiger partial charge in [0.25, 0.3) is 0 Å². The molecule has 0 aliphatic heterocycles. The van der Waals surface area contributed by atoms with Gasteiger partial charge in [-0.1, -0.05) is 18.2 Å². The van der Waals surface area contributed by atoms with Crippen molar-refractivity contribution in [3.63, 3.8) is 0 Å². The highest BCUT2D eigenvalue weighted by Crippen LogP contribution is 2.22. The van der Waals surface area contributed by atoms with E-state index in [1.165, 1.54) is 0 Å². The summed E-state index contributed by atoms with van der Waals surface area (Å²) in [4.78, 5) is 25.3. The van der Waals surface area contributed by atoms with E-state index in [0.29, 0.717) is 11.4 Å². The van der Waals surface area contributed by atoms with Crippen LogP contribution in [-0.4, -0.2) is 25.0 Å². The molecule has 0 aliphatic carbocycles. The Morgan fingerprint density at radius 2 is 1.64 bits per heavy atom. The molecule has 2 aromatic rings. The number of hydrogen-bond donors (Lipinski definition) is 2. The molecule has 0 radical (unpaired) electrons. The smallest absolute Gasteiger partial charge is 0.239 e. The summed E-state index contributed by atoms with van der Waals surface area (Å²) >= 11 is 0. The van der Waals surface area contributed by atoms with E-state index in [1.807, 2.05) is 38.1 Å². The van der Waals surface area contributed by atoms with Crippen molar-refractivity contribution in [2.75, 3.05) is 12.4 Å². The summed E-state index contributed by atoms with van der Waals surface area (Å²) in [6, 6.07) is 14.5. The van der Waals surface area contributed by atoms with Gasteiger partial charge in [-0.05, 0) is 58.0 Å². The molecule has 0 aromatic heterocycles. The van der Waals surface area contributed by atoms with Gasteiger partial charge in [-0.15, -0.1) is 0 Å². The molecule has 0 unspecified atom stereocenters. The fourth-order valence-electron chi connectivity index (χ4n) is 2.52. The van der Waals surface area contributed by atoms with Crippen LogP contribution in [0.5, 0.6) is 11.5 Å². The van der Waals surface area contributed by atoms with Gasteiger partial charge in [0, 0.05) is 17.8 Å². The van der Waals surface area contributed by atoms with Gasteiger partial charge in [-0.2, -0.15) is 0 Å². The van der Waals surface area contributed by atoms with E-state index in [1.54, 1.807) is 45.2 Å². The Morgan fingerprint density at radius 3 is 2.25 bits per heavy atom. The fraction of sp³-hybridized carbons (Fsp3) is 0.364. The lowest BCUT2D eigenvalue weighted by molar-refractivity contribution is -0.138. The van der Waals surface area contributed by atoms with Crippen LogP contribution >= 0.6 is 0 Å². The third-order valence-electron chi connectivity index (χ3n) is 4.25. The Labute approximate surface area is 166 Å². The number of anilines is 1. The van der Waals surface area contributed by atoms with Crippen LogP contribution < -0.4 is 20.1 Å². The van der Waals surface area contributed by atoms with Crippen LogP contribution in [0.1, 0.15) is 33.3 Å². The first kappa shape index (κ1) is 21.3. The first-order chi connectivity index (χ1) is 13.2. The predicted octanol–water partition coefficient (Wildman–Crippen LogP) is 3.76. The fourth-order valence-corrected chi connectivity index (χ4v) is 2.52. The Bertz CT molecular complexity index is 814. The SMILES string of the molecule is COc1ccccc1CNC(=O)C(C)(C)C(=O)Nc1ccc(OC(C)C)cc1. The molecule has 150 valence electrons. The summed E-state index contributed by atoms with van der Waals surface area (Å²) in [6.07, 6.45) is 0.0753. The van der Waals surface area contributed by atoms with Gasteiger partial charge >= 0.3 is 0 Å². The Kier molecular flexibility index (Phi) is 7.04. The van der Waals surface area contributed by atoms with Crippen molar-refractivity contribution >= 4 is 17.5 Å². The van der Waals surface area contributed by atoms with E-state index in [-0.39, 0.29) is 24.5 Å². The number of carbonyl (C=O) groups excluding carboxylic acids is 2. The summed E-state index contributed by atoms with van der Waals surface area (Å²) in [5.74, 6) is 0.661. The highest BCUT2D eigenvalue weighted by molar-refractivity contribution is 6.09. The van der Waals surface area contributed by atoms with E-state index in [0.717, 1.165) is 11.3 Å². The Balaban J connectivity index is 1.98. The van der Waals surface area contributed by atoms with Crippen LogP contribution in [-0.2, 0) is 16.1 Å². The van der Waals surface area contributed by atoms with Gasteiger partial charge in [-0.25, -0.2) is 0 Å². The Hall–Kier alpha value is -3.02. The molecule has 2 amide bonds. The molecule has 0 fully saturated rings. The molecule has 0 saturated heterocycles. The molecule has 0 heterocycles. The minimum Gasteiger partial charge on any atom is -0.496 e. The molecule has 0 atom stereocenters. The first-order valence-corrected chi connectivity index (χ1v) is 9.22. The lowest BCUT2D eigenvalue weighted by Gasteiger charge is -2.23. The van der Waals surface area contributed by atoms with E-state index in [2.05, 4.69) is 10.6 Å². The van der Waals surface area contributed by atoms with Crippen molar-refractivity contribution < 1.29 is 19.1 Å². The zero-order valence-electron chi connectivity index (χ0n) is 17.0. The second kappa shape index (κ2) is 9.26. The Morgan fingerprint density at radius 1 is 1.00 bits per heavy atom. The maximum Gasteiger partial charge on any atom is 0.239 e. The molecule has 2 N–H and O–H groups in total. The van der Waals surface area contributed by atoms with Gasteiger partial charge in [0.15, 0.2) is 0 Å². The topological polar surface area (TPSA) is 76.7 Å². The number of ether oxygens (including phenoxy) is 2. The van der Waals surface area contributed by atoms with Crippen molar-refractivity contribution in [1.82, 2.24) is 5.32 Å². The van der Waals surface area contributed by atoms with Crippen molar-refractivity contribution in [3.05, 3.63) is 54.1 Å². The van der Waals surface area contributed by atoms with E-state index in [4.69, 9.17) is 9.47 Å². The standard InChI is InChI=1S/C22H28N2O4/c1-15(2)28-18-12-10-17(11-13-18)24-21(26)22(3,4)20(25)23-14-16-8-6-7-9-19(16)27-5/h6-13,15H,14H2,1-5H3,(H,23,25)(H,24,26). The van der Waals surface area contributed by atoms with Gasteiger partial charge in [0.05, 0.1) is 13.2 Å². The monoisotopic (exact) mass is 384 g/mol. The second-order valence-electron chi connectivity index (χ2n) is 7.26. The number of hydrogen-bond acceptors (Lipinski definition) is 4. The number of para-hydroxylation sites is 1. The zero-order valence-corrected chi connectivity index (χ0v) is 17.0. The normalized spacial score (nSPS) is 11.1. The van der Waals surface area contributed by atoms with Crippen LogP contribution in [0.4, 0.5) is 5.69 Å². The number of nitrogens with one attached hydrogen (secondary N) is 2. The molecule has 6 heteroatoms. The van der Waals surface area contributed by atoms with Crippen LogP contribution in [0.25, 0.3) is 0 Å². The highest BCUT2D eigenvalue weighted by atomic mass is 16.5. The van der Waals surface area contributed by atoms with Gasteiger partial charge in [0.1, 0.15) is 16.9 Å². The molecule has 6 nitrogen and oxygen atoms in total. The average molecular weight is 384 g/mol. The van der Waals surface area contributed by atoms with Crippen molar-refractivity contribution in [2.45, 2.75) is 40.3 Å². The number of benzene rings is 2. The summed E-state index contributed by atoms with van der Waals surface area (Å²) in [5.41, 5.74) is 0.205. The molecular weight excluding hydrogens is 356 g/mol. The third kappa shape index (κ3) is 5.49. The molecular formula is C22H28N2O4. The maximum absolute atomic E-state index is 12.6. The summed E-state index contributed by atoms with van der Waals surface area (Å²) < 4.78 is 10.9. The molecule has 2 rings (SSSR count). The lowest BCUT2D eigenvalue weighted by Crippen LogP contribution is -2.44. The van der Waals surface area contributed by atoms with E-state index < -0.39 is 5.41 Å².